The first kappa shape index (κ1) is 18.4. The Morgan fingerprint density at radius 2 is 2.00 bits per heavy atom. The molecule has 7 heteroatoms. The van der Waals surface area contributed by atoms with Crippen molar-refractivity contribution in [1.29, 1.82) is 0 Å². The van der Waals surface area contributed by atoms with E-state index in [1.165, 1.54) is 12.1 Å². The lowest BCUT2D eigenvalue weighted by atomic mass is 10.2. The van der Waals surface area contributed by atoms with Crippen molar-refractivity contribution < 1.29 is 18.7 Å². The number of rotatable bonds is 6. The second-order valence-electron chi connectivity index (χ2n) is 5.99. The van der Waals surface area contributed by atoms with Crippen molar-refractivity contribution in [3.63, 3.8) is 0 Å². The summed E-state index contributed by atoms with van der Waals surface area (Å²) >= 11 is 3.21. The molecule has 1 heterocycles. The second kappa shape index (κ2) is 8.31. The van der Waals surface area contributed by atoms with Gasteiger partial charge in [0.2, 0.25) is 5.91 Å². The van der Waals surface area contributed by atoms with Gasteiger partial charge in [0, 0.05) is 29.7 Å². The highest BCUT2D eigenvalue weighted by atomic mass is 79.9. The Bertz CT molecular complexity index is 791. The van der Waals surface area contributed by atoms with Crippen LogP contribution >= 0.6 is 15.9 Å². The maximum atomic E-state index is 13.3. The Morgan fingerprint density at radius 3 is 2.65 bits per heavy atom. The number of nitrogens with zero attached hydrogens (tertiary/aromatic N) is 1. The molecule has 0 aliphatic carbocycles. The topological polar surface area (TPSA) is 58.6 Å². The minimum absolute atomic E-state index is 0.127. The molecular weight excluding hydrogens is 403 g/mol. The first-order chi connectivity index (χ1) is 12.5. The molecule has 0 radical (unpaired) electrons. The summed E-state index contributed by atoms with van der Waals surface area (Å²) in [7, 11) is 0. The van der Waals surface area contributed by atoms with Gasteiger partial charge in [-0.25, -0.2) is 4.39 Å². The standard InChI is InChI=1S/C19H18BrFN2O3/c20-14-8-13(9-15(21)10-14)11-22-18(24)12-26-17-5-3-16(4-6-17)23-7-1-2-19(23)25/h3-6,8-10H,1-2,7,11-12H2,(H,22,24). The van der Waals surface area contributed by atoms with Crippen LogP contribution in [0.4, 0.5) is 10.1 Å². The summed E-state index contributed by atoms with van der Waals surface area (Å²) in [6, 6.07) is 11.5. The van der Waals surface area contributed by atoms with Gasteiger partial charge in [-0.2, -0.15) is 0 Å². The number of amides is 2. The van der Waals surface area contributed by atoms with Crippen LogP contribution in [0.1, 0.15) is 18.4 Å². The zero-order valence-corrected chi connectivity index (χ0v) is 15.6. The van der Waals surface area contributed by atoms with Crippen LogP contribution in [0, 0.1) is 5.82 Å². The number of ether oxygens (including phenoxy) is 1. The molecule has 5 nitrogen and oxygen atoms in total. The lowest BCUT2D eigenvalue weighted by Gasteiger charge is -2.16. The average molecular weight is 421 g/mol. The molecule has 136 valence electrons. The monoisotopic (exact) mass is 420 g/mol. The molecule has 1 fully saturated rings. The van der Waals surface area contributed by atoms with Crippen molar-refractivity contribution in [3.8, 4) is 5.75 Å². The molecule has 0 bridgehead atoms. The Balaban J connectivity index is 1.47. The number of hydrogen-bond acceptors (Lipinski definition) is 3. The van der Waals surface area contributed by atoms with E-state index in [4.69, 9.17) is 4.74 Å². The molecule has 2 aromatic carbocycles. The van der Waals surface area contributed by atoms with Crippen molar-refractivity contribution in [2.45, 2.75) is 19.4 Å². The number of hydrogen-bond donors (Lipinski definition) is 1. The minimum Gasteiger partial charge on any atom is -0.484 e. The van der Waals surface area contributed by atoms with Gasteiger partial charge in [-0.3, -0.25) is 9.59 Å². The molecule has 2 amide bonds. The van der Waals surface area contributed by atoms with E-state index in [0.29, 0.717) is 22.2 Å². The number of benzene rings is 2. The average Bonchev–Trinajstić information content (AvgIpc) is 3.04. The fourth-order valence-electron chi connectivity index (χ4n) is 2.76. The highest BCUT2D eigenvalue weighted by Gasteiger charge is 2.21. The summed E-state index contributed by atoms with van der Waals surface area (Å²) in [6.07, 6.45) is 1.46. The van der Waals surface area contributed by atoms with E-state index in [-0.39, 0.29) is 30.8 Å². The highest BCUT2D eigenvalue weighted by Crippen LogP contribution is 2.23. The van der Waals surface area contributed by atoms with Crippen LogP contribution in [0.3, 0.4) is 0 Å². The molecule has 0 unspecified atom stereocenters. The van der Waals surface area contributed by atoms with Crippen LogP contribution in [0.5, 0.6) is 5.75 Å². The predicted octanol–water partition coefficient (Wildman–Crippen LogP) is 3.41. The van der Waals surface area contributed by atoms with Crippen molar-refractivity contribution in [1.82, 2.24) is 5.32 Å². The Labute approximate surface area is 159 Å². The maximum Gasteiger partial charge on any atom is 0.258 e. The van der Waals surface area contributed by atoms with Crippen molar-refractivity contribution in [2.24, 2.45) is 0 Å². The second-order valence-corrected chi connectivity index (χ2v) is 6.90. The van der Waals surface area contributed by atoms with E-state index in [9.17, 15) is 14.0 Å². The van der Waals surface area contributed by atoms with Gasteiger partial charge in [0.1, 0.15) is 11.6 Å². The minimum atomic E-state index is -0.364. The van der Waals surface area contributed by atoms with E-state index in [0.717, 1.165) is 18.7 Å². The largest absolute Gasteiger partial charge is 0.484 e. The number of anilines is 1. The number of halogens is 2. The van der Waals surface area contributed by atoms with E-state index in [1.54, 1.807) is 35.2 Å². The third-order valence-corrected chi connectivity index (χ3v) is 4.46. The molecule has 0 spiro atoms. The van der Waals surface area contributed by atoms with Crippen LogP contribution in [0.2, 0.25) is 0 Å². The summed E-state index contributed by atoms with van der Waals surface area (Å²) in [5.74, 6) is 0.00621. The molecule has 2 aromatic rings. The van der Waals surface area contributed by atoms with Gasteiger partial charge in [-0.1, -0.05) is 15.9 Å². The fourth-order valence-corrected chi connectivity index (χ4v) is 3.27. The molecule has 1 aliphatic rings. The summed E-state index contributed by atoms with van der Waals surface area (Å²) in [6.45, 7) is 0.810. The quantitative estimate of drug-likeness (QED) is 0.778. The van der Waals surface area contributed by atoms with E-state index < -0.39 is 0 Å². The molecule has 0 aromatic heterocycles. The number of carbonyl (C=O) groups is 2. The third-order valence-electron chi connectivity index (χ3n) is 4.00. The van der Waals surface area contributed by atoms with Crippen molar-refractivity contribution in [2.75, 3.05) is 18.1 Å². The van der Waals surface area contributed by atoms with Gasteiger partial charge in [0.05, 0.1) is 0 Å². The SMILES string of the molecule is O=C(COc1ccc(N2CCCC2=O)cc1)NCc1cc(F)cc(Br)c1. The molecule has 26 heavy (non-hydrogen) atoms. The van der Waals surface area contributed by atoms with E-state index in [1.807, 2.05) is 0 Å². The normalized spacial score (nSPS) is 13.8. The van der Waals surface area contributed by atoms with Crippen molar-refractivity contribution >= 4 is 33.4 Å². The van der Waals surface area contributed by atoms with Crippen LogP contribution in [-0.4, -0.2) is 25.0 Å². The van der Waals surface area contributed by atoms with Crippen LogP contribution in [-0.2, 0) is 16.1 Å². The van der Waals surface area contributed by atoms with Gasteiger partial charge in [-0.05, 0) is 54.4 Å². The molecule has 1 aliphatic heterocycles. The molecule has 1 saturated heterocycles. The predicted molar refractivity (Wildman–Crippen MR) is 99.5 cm³/mol. The molecule has 0 atom stereocenters. The molecule has 3 rings (SSSR count). The van der Waals surface area contributed by atoms with E-state index in [2.05, 4.69) is 21.2 Å². The molecule has 1 N–H and O–H groups in total. The van der Waals surface area contributed by atoms with Gasteiger partial charge in [-0.15, -0.1) is 0 Å². The van der Waals surface area contributed by atoms with Crippen molar-refractivity contribution in [3.05, 3.63) is 58.3 Å². The smallest absolute Gasteiger partial charge is 0.258 e. The summed E-state index contributed by atoms with van der Waals surface area (Å²) in [5, 5.41) is 2.68. The van der Waals surface area contributed by atoms with Crippen LogP contribution < -0.4 is 15.0 Å². The van der Waals surface area contributed by atoms with Gasteiger partial charge >= 0.3 is 0 Å². The van der Waals surface area contributed by atoms with E-state index >= 15 is 0 Å². The maximum absolute atomic E-state index is 13.3. The Hall–Kier alpha value is -2.41. The number of carbonyl (C=O) groups excluding carboxylic acids is 2. The zero-order chi connectivity index (χ0) is 18.5. The van der Waals surface area contributed by atoms with Gasteiger partial charge in [0.25, 0.3) is 5.91 Å². The summed E-state index contributed by atoms with van der Waals surface area (Å²) in [5.41, 5.74) is 1.49. The Morgan fingerprint density at radius 1 is 1.23 bits per heavy atom. The van der Waals surface area contributed by atoms with Gasteiger partial charge in [0.15, 0.2) is 6.61 Å². The fraction of sp³-hybridized carbons (Fsp3) is 0.263. The molecule has 0 saturated carbocycles. The first-order valence-electron chi connectivity index (χ1n) is 8.26. The zero-order valence-electron chi connectivity index (χ0n) is 14.0. The third kappa shape index (κ3) is 4.82. The first-order valence-corrected chi connectivity index (χ1v) is 9.05. The summed E-state index contributed by atoms with van der Waals surface area (Å²) in [4.78, 5) is 25.3. The number of nitrogens with one attached hydrogen (secondary N) is 1. The lowest BCUT2D eigenvalue weighted by molar-refractivity contribution is -0.123. The molecular formula is C19H18BrFN2O3. The summed E-state index contributed by atoms with van der Waals surface area (Å²) < 4.78 is 19.4. The van der Waals surface area contributed by atoms with Crippen LogP contribution in [0.25, 0.3) is 0 Å². The Kier molecular flexibility index (Phi) is 5.88. The highest BCUT2D eigenvalue weighted by molar-refractivity contribution is 9.10. The van der Waals surface area contributed by atoms with Crippen LogP contribution in [0.15, 0.2) is 46.9 Å². The van der Waals surface area contributed by atoms with Gasteiger partial charge < -0.3 is 15.0 Å². The lowest BCUT2D eigenvalue weighted by Crippen LogP contribution is -2.28.